The lowest BCUT2D eigenvalue weighted by Crippen LogP contribution is -2.37. The first-order valence-corrected chi connectivity index (χ1v) is 4.25. The van der Waals surface area contributed by atoms with Crippen LogP contribution < -0.4 is 5.73 Å². The van der Waals surface area contributed by atoms with Crippen LogP contribution in [0.15, 0.2) is 0 Å². The summed E-state index contributed by atoms with van der Waals surface area (Å²) in [5.74, 6) is 0.0729. The molecule has 0 aromatic heterocycles. The first-order valence-electron chi connectivity index (χ1n) is 4.25. The van der Waals surface area contributed by atoms with E-state index >= 15 is 0 Å². The van der Waals surface area contributed by atoms with Crippen molar-refractivity contribution in [3.05, 3.63) is 0 Å². The zero-order valence-corrected chi connectivity index (χ0v) is 6.60. The van der Waals surface area contributed by atoms with Crippen molar-refractivity contribution in [3.63, 3.8) is 0 Å². The zero-order valence-electron chi connectivity index (χ0n) is 6.60. The summed E-state index contributed by atoms with van der Waals surface area (Å²) >= 11 is 0. The van der Waals surface area contributed by atoms with E-state index in [0.29, 0.717) is 0 Å². The van der Waals surface area contributed by atoms with Crippen LogP contribution in [-0.2, 0) is 0 Å². The van der Waals surface area contributed by atoms with Gasteiger partial charge in [0.25, 0.3) is 6.43 Å². The fourth-order valence-corrected chi connectivity index (χ4v) is 1.72. The van der Waals surface area contributed by atoms with Crippen molar-refractivity contribution in [1.29, 1.82) is 0 Å². The van der Waals surface area contributed by atoms with Gasteiger partial charge >= 0.3 is 0 Å². The van der Waals surface area contributed by atoms with Gasteiger partial charge in [-0.2, -0.15) is 0 Å². The third kappa shape index (κ3) is 2.40. The Morgan fingerprint density at radius 1 is 1.09 bits per heavy atom. The lowest BCUT2D eigenvalue weighted by atomic mass is 9.84. The molecule has 0 bridgehead atoms. The monoisotopic (exact) mass is 163 g/mol. The van der Waals surface area contributed by atoms with Gasteiger partial charge in [0.1, 0.15) is 0 Å². The molecule has 0 amide bonds. The van der Waals surface area contributed by atoms with Crippen molar-refractivity contribution in [1.82, 2.24) is 0 Å². The Balaban J connectivity index is 2.32. The fourth-order valence-electron chi connectivity index (χ4n) is 1.72. The molecule has 0 aromatic rings. The van der Waals surface area contributed by atoms with Crippen LogP contribution in [0.3, 0.4) is 0 Å². The molecule has 11 heavy (non-hydrogen) atoms. The van der Waals surface area contributed by atoms with Crippen LogP contribution in [0.5, 0.6) is 0 Å². The molecule has 0 radical (unpaired) electrons. The van der Waals surface area contributed by atoms with E-state index in [1.54, 1.807) is 0 Å². The van der Waals surface area contributed by atoms with Gasteiger partial charge in [-0.1, -0.05) is 19.3 Å². The molecule has 0 heterocycles. The molecule has 3 heteroatoms. The van der Waals surface area contributed by atoms with Gasteiger partial charge in [0, 0.05) is 0 Å². The number of hydrogen-bond donors (Lipinski definition) is 1. The number of rotatable bonds is 2. The summed E-state index contributed by atoms with van der Waals surface area (Å²) in [6.45, 7) is 0. The summed E-state index contributed by atoms with van der Waals surface area (Å²) in [5, 5.41) is 0. The van der Waals surface area contributed by atoms with Crippen LogP contribution in [0.25, 0.3) is 0 Å². The summed E-state index contributed by atoms with van der Waals surface area (Å²) in [7, 11) is 0. The van der Waals surface area contributed by atoms with Crippen LogP contribution in [0, 0.1) is 5.92 Å². The number of halogens is 2. The number of hydrogen-bond acceptors (Lipinski definition) is 1. The Labute approximate surface area is 66.0 Å². The average molecular weight is 163 g/mol. The second kappa shape index (κ2) is 4.00. The summed E-state index contributed by atoms with van der Waals surface area (Å²) in [6.07, 6.45) is 2.79. The SMILES string of the molecule is NC(C(F)F)C1CCCCC1. The molecular formula is C8H15F2N. The molecule has 0 saturated heterocycles. The molecule has 2 N–H and O–H groups in total. The molecule has 0 aromatic carbocycles. The normalized spacial score (nSPS) is 24.0. The Morgan fingerprint density at radius 2 is 1.64 bits per heavy atom. The van der Waals surface area contributed by atoms with Crippen molar-refractivity contribution in [2.24, 2.45) is 11.7 Å². The van der Waals surface area contributed by atoms with Crippen LogP contribution in [-0.4, -0.2) is 12.5 Å². The molecule has 1 fully saturated rings. The number of nitrogens with two attached hydrogens (primary N) is 1. The maximum absolute atomic E-state index is 12.1. The van der Waals surface area contributed by atoms with Gasteiger partial charge in [0.15, 0.2) is 0 Å². The molecule has 1 atom stereocenters. The third-order valence-electron chi connectivity index (χ3n) is 2.49. The first kappa shape index (κ1) is 8.91. The lowest BCUT2D eigenvalue weighted by Gasteiger charge is -2.26. The largest absolute Gasteiger partial charge is 0.323 e. The molecule has 66 valence electrons. The minimum Gasteiger partial charge on any atom is -0.323 e. The van der Waals surface area contributed by atoms with E-state index in [1.165, 1.54) is 6.42 Å². The summed E-state index contributed by atoms with van der Waals surface area (Å²) in [5.41, 5.74) is 5.34. The van der Waals surface area contributed by atoms with Crippen molar-refractivity contribution >= 4 is 0 Å². The molecular weight excluding hydrogens is 148 g/mol. The summed E-state index contributed by atoms with van der Waals surface area (Å²) in [6, 6.07) is -0.879. The highest BCUT2D eigenvalue weighted by molar-refractivity contribution is 4.77. The second-order valence-corrected chi connectivity index (χ2v) is 3.31. The van der Waals surface area contributed by atoms with Gasteiger partial charge in [0.05, 0.1) is 6.04 Å². The lowest BCUT2D eigenvalue weighted by molar-refractivity contribution is 0.0774. The van der Waals surface area contributed by atoms with Gasteiger partial charge in [-0.15, -0.1) is 0 Å². The summed E-state index contributed by atoms with van der Waals surface area (Å²) < 4.78 is 24.2. The van der Waals surface area contributed by atoms with E-state index in [2.05, 4.69) is 0 Å². The van der Waals surface area contributed by atoms with E-state index in [9.17, 15) is 8.78 Å². The standard InChI is InChI=1S/C8H15F2N/c9-8(10)7(11)6-4-2-1-3-5-6/h6-8H,1-5,11H2. The Bertz CT molecular complexity index is 111. The molecule has 0 spiro atoms. The Kier molecular flexibility index (Phi) is 3.24. The molecule has 1 aliphatic rings. The van der Waals surface area contributed by atoms with Crippen molar-refractivity contribution in [2.45, 2.75) is 44.6 Å². The highest BCUT2D eigenvalue weighted by Crippen LogP contribution is 2.27. The highest BCUT2D eigenvalue weighted by atomic mass is 19.3. The van der Waals surface area contributed by atoms with Gasteiger partial charge < -0.3 is 5.73 Å². The van der Waals surface area contributed by atoms with Crippen LogP contribution in [0.2, 0.25) is 0 Å². The Morgan fingerprint density at radius 3 is 2.09 bits per heavy atom. The summed E-state index contributed by atoms with van der Waals surface area (Å²) in [4.78, 5) is 0. The highest BCUT2D eigenvalue weighted by Gasteiger charge is 2.26. The molecule has 1 aliphatic carbocycles. The quantitative estimate of drug-likeness (QED) is 0.663. The van der Waals surface area contributed by atoms with Gasteiger partial charge in [-0.05, 0) is 18.8 Å². The zero-order chi connectivity index (χ0) is 8.27. The smallest absolute Gasteiger partial charge is 0.253 e. The van der Waals surface area contributed by atoms with Crippen molar-refractivity contribution in [3.8, 4) is 0 Å². The molecule has 1 saturated carbocycles. The van der Waals surface area contributed by atoms with Crippen molar-refractivity contribution in [2.75, 3.05) is 0 Å². The minimum atomic E-state index is -2.34. The van der Waals surface area contributed by atoms with Crippen LogP contribution in [0.4, 0.5) is 8.78 Å². The van der Waals surface area contributed by atoms with E-state index in [-0.39, 0.29) is 5.92 Å². The van der Waals surface area contributed by atoms with E-state index in [4.69, 9.17) is 5.73 Å². The predicted octanol–water partition coefficient (Wildman–Crippen LogP) is 2.16. The van der Waals surface area contributed by atoms with Crippen LogP contribution >= 0.6 is 0 Å². The van der Waals surface area contributed by atoms with E-state index in [0.717, 1.165) is 25.7 Å². The third-order valence-corrected chi connectivity index (χ3v) is 2.49. The second-order valence-electron chi connectivity index (χ2n) is 3.31. The molecule has 1 nitrogen and oxygen atoms in total. The van der Waals surface area contributed by atoms with E-state index in [1.807, 2.05) is 0 Å². The average Bonchev–Trinajstić information content (AvgIpc) is 2.05. The fraction of sp³-hybridized carbons (Fsp3) is 1.00. The van der Waals surface area contributed by atoms with E-state index < -0.39 is 12.5 Å². The van der Waals surface area contributed by atoms with Gasteiger partial charge in [-0.25, -0.2) is 8.78 Å². The first-order chi connectivity index (χ1) is 5.22. The topological polar surface area (TPSA) is 26.0 Å². The predicted molar refractivity (Wildman–Crippen MR) is 40.6 cm³/mol. The van der Waals surface area contributed by atoms with Gasteiger partial charge in [0.2, 0.25) is 0 Å². The molecule has 1 unspecified atom stereocenters. The minimum absolute atomic E-state index is 0.0729. The molecule has 0 aliphatic heterocycles. The van der Waals surface area contributed by atoms with Gasteiger partial charge in [-0.3, -0.25) is 0 Å². The maximum Gasteiger partial charge on any atom is 0.253 e. The van der Waals surface area contributed by atoms with Crippen molar-refractivity contribution < 1.29 is 8.78 Å². The number of alkyl halides is 2. The maximum atomic E-state index is 12.1. The Hall–Kier alpha value is -0.180. The molecule has 1 rings (SSSR count). The van der Waals surface area contributed by atoms with Crippen LogP contribution in [0.1, 0.15) is 32.1 Å².